The number of alkyl halides is 1. The molecule has 0 fully saturated rings. The average Bonchev–Trinajstić information content (AvgIpc) is 2.37. The summed E-state index contributed by atoms with van der Waals surface area (Å²) in [5.41, 5.74) is 1.57. The number of carbonyl (C=O) groups is 2. The lowest BCUT2D eigenvalue weighted by Crippen LogP contribution is -2.25. The quantitative estimate of drug-likeness (QED) is 0.648. The molecule has 0 aromatic heterocycles. The van der Waals surface area contributed by atoms with Gasteiger partial charge in [-0.3, -0.25) is 9.59 Å². The van der Waals surface area contributed by atoms with Gasteiger partial charge in [0.25, 0.3) is 0 Å². The van der Waals surface area contributed by atoms with E-state index >= 15 is 0 Å². The van der Waals surface area contributed by atoms with Crippen molar-refractivity contribution in [2.24, 2.45) is 0 Å². The Hall–Kier alpha value is -1.35. The SMILES string of the molecule is CCC(=O)N[C@@H](C)c1ccc(C(=O)CCl)cc1. The van der Waals surface area contributed by atoms with Crippen molar-refractivity contribution < 1.29 is 9.59 Å². The summed E-state index contributed by atoms with van der Waals surface area (Å²) in [6.45, 7) is 3.72. The second-order valence-corrected chi connectivity index (χ2v) is 4.09. The molecular weight excluding hydrogens is 238 g/mol. The molecule has 0 aliphatic carbocycles. The summed E-state index contributed by atoms with van der Waals surface area (Å²) in [4.78, 5) is 22.6. The van der Waals surface area contributed by atoms with Gasteiger partial charge in [0, 0.05) is 12.0 Å². The number of hydrogen-bond donors (Lipinski definition) is 1. The van der Waals surface area contributed by atoms with Gasteiger partial charge >= 0.3 is 0 Å². The fourth-order valence-electron chi connectivity index (χ4n) is 1.46. The summed E-state index contributed by atoms with van der Waals surface area (Å²) in [5, 5.41) is 2.86. The zero-order valence-electron chi connectivity index (χ0n) is 10.00. The standard InChI is InChI=1S/C13H16ClNO2/c1-3-13(17)15-9(2)10-4-6-11(7-5-10)12(16)8-14/h4-7,9H,3,8H2,1-2H3,(H,15,17)/t9-/m0/s1. The van der Waals surface area contributed by atoms with Crippen molar-refractivity contribution in [2.75, 3.05) is 5.88 Å². The lowest BCUT2D eigenvalue weighted by molar-refractivity contribution is -0.121. The van der Waals surface area contributed by atoms with Gasteiger partial charge in [-0.25, -0.2) is 0 Å². The van der Waals surface area contributed by atoms with Crippen LogP contribution in [0.1, 0.15) is 42.2 Å². The van der Waals surface area contributed by atoms with E-state index in [1.165, 1.54) is 0 Å². The number of halogens is 1. The van der Waals surface area contributed by atoms with Gasteiger partial charge in [-0.1, -0.05) is 31.2 Å². The topological polar surface area (TPSA) is 46.2 Å². The number of nitrogens with one attached hydrogen (secondary N) is 1. The van der Waals surface area contributed by atoms with Crippen LogP contribution in [0.4, 0.5) is 0 Å². The highest BCUT2D eigenvalue weighted by Crippen LogP contribution is 2.14. The second kappa shape index (κ2) is 6.40. The molecule has 1 aromatic rings. The molecule has 1 N–H and O–H groups in total. The average molecular weight is 254 g/mol. The van der Waals surface area contributed by atoms with Crippen molar-refractivity contribution in [3.63, 3.8) is 0 Å². The van der Waals surface area contributed by atoms with Crippen molar-refractivity contribution >= 4 is 23.3 Å². The molecule has 1 atom stereocenters. The second-order valence-electron chi connectivity index (χ2n) is 3.82. The highest BCUT2D eigenvalue weighted by molar-refractivity contribution is 6.30. The first kappa shape index (κ1) is 13.7. The molecular formula is C13H16ClNO2. The molecule has 1 rings (SSSR count). The largest absolute Gasteiger partial charge is 0.350 e. The first-order chi connectivity index (χ1) is 8.08. The van der Waals surface area contributed by atoms with Crippen LogP contribution >= 0.6 is 11.6 Å². The highest BCUT2D eigenvalue weighted by atomic mass is 35.5. The molecule has 0 aliphatic heterocycles. The van der Waals surface area contributed by atoms with E-state index in [0.29, 0.717) is 12.0 Å². The van der Waals surface area contributed by atoms with E-state index in [1.807, 2.05) is 26.0 Å². The first-order valence-electron chi connectivity index (χ1n) is 5.57. The molecule has 0 heterocycles. The summed E-state index contributed by atoms with van der Waals surface area (Å²) in [6.07, 6.45) is 0.465. The lowest BCUT2D eigenvalue weighted by atomic mass is 10.0. The van der Waals surface area contributed by atoms with E-state index in [0.717, 1.165) is 5.56 Å². The molecule has 0 spiro atoms. The van der Waals surface area contributed by atoms with Gasteiger partial charge in [0.1, 0.15) is 0 Å². The minimum Gasteiger partial charge on any atom is -0.350 e. The molecule has 0 unspecified atom stereocenters. The van der Waals surface area contributed by atoms with Crippen LogP contribution in [0.25, 0.3) is 0 Å². The molecule has 4 heteroatoms. The molecule has 0 saturated carbocycles. The zero-order chi connectivity index (χ0) is 12.8. The van der Waals surface area contributed by atoms with Gasteiger partial charge in [0.2, 0.25) is 5.91 Å². The van der Waals surface area contributed by atoms with Gasteiger partial charge in [0.15, 0.2) is 5.78 Å². The Bertz CT molecular complexity index is 400. The summed E-state index contributed by atoms with van der Waals surface area (Å²) < 4.78 is 0. The number of benzene rings is 1. The zero-order valence-corrected chi connectivity index (χ0v) is 10.8. The Kier molecular flexibility index (Phi) is 5.16. The van der Waals surface area contributed by atoms with E-state index in [1.54, 1.807) is 12.1 Å². The number of Topliss-reactive ketones (excluding diaryl/α,β-unsaturated/α-hetero) is 1. The Morgan fingerprint density at radius 2 is 1.88 bits per heavy atom. The maximum atomic E-state index is 11.3. The fourth-order valence-corrected chi connectivity index (χ4v) is 1.62. The summed E-state index contributed by atoms with van der Waals surface area (Å²) in [6, 6.07) is 7.08. The molecule has 3 nitrogen and oxygen atoms in total. The van der Waals surface area contributed by atoms with Crippen LogP contribution in [0.15, 0.2) is 24.3 Å². The van der Waals surface area contributed by atoms with Crippen LogP contribution in [0, 0.1) is 0 Å². The van der Waals surface area contributed by atoms with Crippen LogP contribution in [0.3, 0.4) is 0 Å². The van der Waals surface area contributed by atoms with Crippen molar-refractivity contribution in [3.8, 4) is 0 Å². The Balaban J connectivity index is 2.73. The Labute approximate surface area is 106 Å². The Morgan fingerprint density at radius 3 is 2.35 bits per heavy atom. The van der Waals surface area contributed by atoms with E-state index in [9.17, 15) is 9.59 Å². The molecule has 1 aromatic carbocycles. The lowest BCUT2D eigenvalue weighted by Gasteiger charge is -2.13. The third-order valence-electron chi connectivity index (χ3n) is 2.55. The predicted molar refractivity (Wildman–Crippen MR) is 68.3 cm³/mol. The van der Waals surface area contributed by atoms with E-state index < -0.39 is 0 Å². The van der Waals surface area contributed by atoms with Crippen molar-refractivity contribution in [2.45, 2.75) is 26.3 Å². The van der Waals surface area contributed by atoms with E-state index in [-0.39, 0.29) is 23.6 Å². The van der Waals surface area contributed by atoms with Crippen LogP contribution in [0.2, 0.25) is 0 Å². The first-order valence-corrected chi connectivity index (χ1v) is 6.10. The normalized spacial score (nSPS) is 11.9. The summed E-state index contributed by atoms with van der Waals surface area (Å²) in [5.74, 6) is -0.0940. The number of hydrogen-bond acceptors (Lipinski definition) is 2. The minimum absolute atomic E-state index is 0.0124. The van der Waals surface area contributed by atoms with Crippen molar-refractivity contribution in [1.82, 2.24) is 5.32 Å². The maximum absolute atomic E-state index is 11.3. The predicted octanol–water partition coefficient (Wildman–Crippen LogP) is 2.70. The minimum atomic E-state index is -0.0940. The maximum Gasteiger partial charge on any atom is 0.220 e. The molecule has 0 bridgehead atoms. The molecule has 0 radical (unpaired) electrons. The number of amides is 1. The molecule has 1 amide bonds. The number of carbonyl (C=O) groups excluding carboxylic acids is 2. The molecule has 17 heavy (non-hydrogen) atoms. The van der Waals surface area contributed by atoms with Crippen molar-refractivity contribution in [3.05, 3.63) is 35.4 Å². The molecule has 0 aliphatic rings. The number of rotatable bonds is 5. The summed E-state index contributed by atoms with van der Waals surface area (Å²) >= 11 is 5.47. The number of ketones is 1. The fraction of sp³-hybridized carbons (Fsp3) is 0.385. The van der Waals surface area contributed by atoms with Gasteiger partial charge in [0.05, 0.1) is 11.9 Å². The van der Waals surface area contributed by atoms with Gasteiger partial charge in [-0.05, 0) is 12.5 Å². The third kappa shape index (κ3) is 3.86. The van der Waals surface area contributed by atoms with Crippen LogP contribution < -0.4 is 5.32 Å². The van der Waals surface area contributed by atoms with Gasteiger partial charge in [-0.2, -0.15) is 0 Å². The van der Waals surface area contributed by atoms with Crippen LogP contribution in [-0.2, 0) is 4.79 Å². The van der Waals surface area contributed by atoms with E-state index in [2.05, 4.69) is 5.32 Å². The van der Waals surface area contributed by atoms with Gasteiger partial charge < -0.3 is 5.32 Å². The Morgan fingerprint density at radius 1 is 1.29 bits per heavy atom. The monoisotopic (exact) mass is 253 g/mol. The van der Waals surface area contributed by atoms with Gasteiger partial charge in [-0.15, -0.1) is 11.6 Å². The van der Waals surface area contributed by atoms with Crippen LogP contribution in [-0.4, -0.2) is 17.6 Å². The van der Waals surface area contributed by atoms with Crippen LogP contribution in [0.5, 0.6) is 0 Å². The summed E-state index contributed by atoms with van der Waals surface area (Å²) in [7, 11) is 0. The smallest absolute Gasteiger partial charge is 0.220 e. The third-order valence-corrected chi connectivity index (χ3v) is 2.80. The highest BCUT2D eigenvalue weighted by Gasteiger charge is 2.09. The van der Waals surface area contributed by atoms with E-state index in [4.69, 9.17) is 11.6 Å². The molecule has 0 saturated heterocycles. The van der Waals surface area contributed by atoms with Crippen molar-refractivity contribution in [1.29, 1.82) is 0 Å². The molecule has 92 valence electrons.